The van der Waals surface area contributed by atoms with Crippen molar-refractivity contribution in [3.8, 4) is 0 Å². The number of carbonyl (C=O) groups excluding carboxylic acids is 3. The molecule has 0 heterocycles. The fourth-order valence-corrected chi connectivity index (χ4v) is 2.25. The third-order valence-corrected chi connectivity index (χ3v) is 3.70. The Morgan fingerprint density at radius 3 is 2.23 bits per heavy atom. The van der Waals surface area contributed by atoms with E-state index in [1.165, 1.54) is 5.56 Å². The SMILES string of the molecule is CCc1ccc(CCC(=O)OCC(=O)NC(=O)Nc2ccccc2)cc1. The summed E-state index contributed by atoms with van der Waals surface area (Å²) < 4.78 is 4.89. The first-order valence-electron chi connectivity index (χ1n) is 8.46. The molecule has 2 aromatic rings. The van der Waals surface area contributed by atoms with E-state index >= 15 is 0 Å². The molecule has 0 saturated carbocycles. The molecule has 0 aliphatic carbocycles. The van der Waals surface area contributed by atoms with Gasteiger partial charge in [-0.05, 0) is 36.1 Å². The Morgan fingerprint density at radius 1 is 0.923 bits per heavy atom. The Labute approximate surface area is 152 Å². The van der Waals surface area contributed by atoms with Gasteiger partial charge in [0.2, 0.25) is 0 Å². The molecule has 0 fully saturated rings. The summed E-state index contributed by atoms with van der Waals surface area (Å²) in [4.78, 5) is 35.0. The van der Waals surface area contributed by atoms with Gasteiger partial charge in [0.1, 0.15) is 0 Å². The van der Waals surface area contributed by atoms with E-state index < -0.39 is 24.5 Å². The second-order valence-electron chi connectivity index (χ2n) is 5.70. The van der Waals surface area contributed by atoms with Crippen LogP contribution in [0.25, 0.3) is 0 Å². The Morgan fingerprint density at radius 2 is 1.58 bits per heavy atom. The largest absolute Gasteiger partial charge is 0.456 e. The van der Waals surface area contributed by atoms with E-state index in [9.17, 15) is 14.4 Å². The number of esters is 1. The van der Waals surface area contributed by atoms with Crippen LogP contribution < -0.4 is 10.6 Å². The van der Waals surface area contributed by atoms with Gasteiger partial charge in [0, 0.05) is 12.1 Å². The molecule has 0 atom stereocenters. The molecule has 2 N–H and O–H groups in total. The normalized spacial score (nSPS) is 10.0. The van der Waals surface area contributed by atoms with Crippen LogP contribution in [0.1, 0.15) is 24.5 Å². The summed E-state index contributed by atoms with van der Waals surface area (Å²) in [6, 6.07) is 16.1. The number of benzene rings is 2. The predicted molar refractivity (Wildman–Crippen MR) is 98.7 cm³/mol. The zero-order valence-corrected chi connectivity index (χ0v) is 14.7. The molecule has 6 nitrogen and oxygen atoms in total. The molecule has 2 aromatic carbocycles. The molecule has 0 bridgehead atoms. The van der Waals surface area contributed by atoms with Crippen molar-refractivity contribution in [3.63, 3.8) is 0 Å². The fourth-order valence-electron chi connectivity index (χ4n) is 2.25. The average Bonchev–Trinajstić information content (AvgIpc) is 2.65. The number of hydrogen-bond donors (Lipinski definition) is 2. The quantitative estimate of drug-likeness (QED) is 0.749. The van der Waals surface area contributed by atoms with Gasteiger partial charge < -0.3 is 10.1 Å². The molecule has 2 rings (SSSR count). The van der Waals surface area contributed by atoms with Gasteiger partial charge in [0.25, 0.3) is 5.91 Å². The topological polar surface area (TPSA) is 84.5 Å². The van der Waals surface area contributed by atoms with Crippen LogP contribution in [0.4, 0.5) is 10.5 Å². The van der Waals surface area contributed by atoms with Crippen molar-refractivity contribution >= 4 is 23.6 Å². The zero-order valence-electron chi connectivity index (χ0n) is 14.7. The van der Waals surface area contributed by atoms with Crippen LogP contribution in [-0.2, 0) is 27.2 Å². The second kappa shape index (κ2) is 9.98. The van der Waals surface area contributed by atoms with E-state index in [0.29, 0.717) is 12.1 Å². The highest BCUT2D eigenvalue weighted by Crippen LogP contribution is 2.08. The smallest absolute Gasteiger partial charge is 0.325 e. The monoisotopic (exact) mass is 354 g/mol. The number of rotatable bonds is 7. The van der Waals surface area contributed by atoms with E-state index in [2.05, 4.69) is 17.6 Å². The molecule has 0 saturated heterocycles. The van der Waals surface area contributed by atoms with Gasteiger partial charge >= 0.3 is 12.0 Å². The lowest BCUT2D eigenvalue weighted by molar-refractivity contribution is -0.148. The molecule has 6 heteroatoms. The molecule has 3 amide bonds. The second-order valence-corrected chi connectivity index (χ2v) is 5.70. The van der Waals surface area contributed by atoms with Gasteiger partial charge in [-0.15, -0.1) is 0 Å². The number of aryl methyl sites for hydroxylation is 2. The number of hydrogen-bond acceptors (Lipinski definition) is 4. The van der Waals surface area contributed by atoms with E-state index in [4.69, 9.17) is 4.74 Å². The minimum Gasteiger partial charge on any atom is -0.456 e. The van der Waals surface area contributed by atoms with Crippen molar-refractivity contribution in [1.82, 2.24) is 5.32 Å². The average molecular weight is 354 g/mol. The molecule has 136 valence electrons. The van der Waals surface area contributed by atoms with Crippen LogP contribution >= 0.6 is 0 Å². The van der Waals surface area contributed by atoms with Crippen LogP contribution in [0.3, 0.4) is 0 Å². The Bertz CT molecular complexity index is 742. The van der Waals surface area contributed by atoms with Gasteiger partial charge in [-0.3, -0.25) is 14.9 Å². The van der Waals surface area contributed by atoms with Crippen molar-refractivity contribution in [3.05, 3.63) is 65.7 Å². The number of carbonyl (C=O) groups is 3. The number of nitrogens with one attached hydrogen (secondary N) is 2. The molecule has 26 heavy (non-hydrogen) atoms. The summed E-state index contributed by atoms with van der Waals surface area (Å²) >= 11 is 0. The number of ether oxygens (including phenoxy) is 1. The minimum atomic E-state index is -0.681. The van der Waals surface area contributed by atoms with Gasteiger partial charge in [-0.1, -0.05) is 49.4 Å². The Kier molecular flexibility index (Phi) is 7.36. The molecule has 0 spiro atoms. The molecule has 0 unspecified atom stereocenters. The zero-order chi connectivity index (χ0) is 18.8. The molecular weight excluding hydrogens is 332 g/mol. The first kappa shape index (κ1) is 19.2. The molecule has 0 aliphatic rings. The van der Waals surface area contributed by atoms with Crippen LogP contribution in [0.15, 0.2) is 54.6 Å². The maximum Gasteiger partial charge on any atom is 0.325 e. The van der Waals surface area contributed by atoms with Crippen LogP contribution in [0.5, 0.6) is 0 Å². The van der Waals surface area contributed by atoms with Crippen LogP contribution in [0.2, 0.25) is 0 Å². The molecular formula is C20H22N2O4. The molecule has 0 aliphatic heterocycles. The maximum atomic E-state index is 11.7. The highest BCUT2D eigenvalue weighted by Gasteiger charge is 2.11. The van der Waals surface area contributed by atoms with Crippen molar-refractivity contribution < 1.29 is 19.1 Å². The summed E-state index contributed by atoms with van der Waals surface area (Å²) in [5.74, 6) is -1.16. The number of para-hydroxylation sites is 1. The lowest BCUT2D eigenvalue weighted by atomic mass is 10.1. The van der Waals surface area contributed by atoms with Gasteiger partial charge in [0.05, 0.1) is 0 Å². The summed E-state index contributed by atoms with van der Waals surface area (Å²) in [7, 11) is 0. The third-order valence-electron chi connectivity index (χ3n) is 3.70. The summed E-state index contributed by atoms with van der Waals surface area (Å²) in [5.41, 5.74) is 2.83. The predicted octanol–water partition coefficient (Wildman–Crippen LogP) is 3.07. The lowest BCUT2D eigenvalue weighted by Gasteiger charge is -2.07. The van der Waals surface area contributed by atoms with Gasteiger partial charge in [0.15, 0.2) is 6.61 Å². The first-order valence-corrected chi connectivity index (χ1v) is 8.46. The highest BCUT2D eigenvalue weighted by atomic mass is 16.5. The highest BCUT2D eigenvalue weighted by molar-refractivity contribution is 6.01. The number of amides is 3. The van der Waals surface area contributed by atoms with Crippen LogP contribution in [0, 0.1) is 0 Å². The van der Waals surface area contributed by atoms with E-state index in [1.807, 2.05) is 30.3 Å². The third kappa shape index (κ3) is 6.76. The summed E-state index contributed by atoms with van der Waals surface area (Å²) in [6.07, 6.45) is 1.68. The number of urea groups is 1. The van der Waals surface area contributed by atoms with Gasteiger partial charge in [-0.25, -0.2) is 4.79 Å². The molecule has 0 radical (unpaired) electrons. The van der Waals surface area contributed by atoms with Crippen LogP contribution in [-0.4, -0.2) is 24.5 Å². The summed E-state index contributed by atoms with van der Waals surface area (Å²) in [6.45, 7) is 1.59. The summed E-state index contributed by atoms with van der Waals surface area (Å²) in [5, 5.41) is 4.61. The van der Waals surface area contributed by atoms with Crippen molar-refractivity contribution in [2.75, 3.05) is 11.9 Å². The van der Waals surface area contributed by atoms with Crippen molar-refractivity contribution in [2.45, 2.75) is 26.2 Å². The first-order chi connectivity index (χ1) is 12.6. The van der Waals surface area contributed by atoms with Crippen molar-refractivity contribution in [2.24, 2.45) is 0 Å². The standard InChI is InChI=1S/C20H22N2O4/c1-2-15-8-10-16(11-9-15)12-13-19(24)26-14-18(23)22-20(25)21-17-6-4-3-5-7-17/h3-11H,2,12-14H2,1H3,(H2,21,22,23,25). The number of anilines is 1. The van der Waals surface area contributed by atoms with Crippen molar-refractivity contribution in [1.29, 1.82) is 0 Å². The Hall–Kier alpha value is -3.15. The maximum absolute atomic E-state index is 11.7. The fraction of sp³-hybridized carbons (Fsp3) is 0.250. The molecule has 0 aromatic heterocycles. The Balaban J connectivity index is 1.66. The van der Waals surface area contributed by atoms with E-state index in [-0.39, 0.29) is 6.42 Å². The van der Waals surface area contributed by atoms with E-state index in [0.717, 1.165) is 12.0 Å². The van der Waals surface area contributed by atoms with Gasteiger partial charge in [-0.2, -0.15) is 0 Å². The lowest BCUT2D eigenvalue weighted by Crippen LogP contribution is -2.37. The minimum absolute atomic E-state index is 0.176. The number of imide groups is 1. The van der Waals surface area contributed by atoms with E-state index in [1.54, 1.807) is 24.3 Å².